The summed E-state index contributed by atoms with van der Waals surface area (Å²) < 4.78 is 10.8. The number of hydrogen-bond acceptors (Lipinski definition) is 5. The van der Waals surface area contributed by atoms with E-state index in [1.807, 2.05) is 0 Å². The van der Waals surface area contributed by atoms with E-state index in [-0.39, 0.29) is 5.92 Å². The van der Waals surface area contributed by atoms with Crippen molar-refractivity contribution in [1.82, 2.24) is 15.5 Å². The van der Waals surface area contributed by atoms with E-state index >= 15 is 0 Å². The summed E-state index contributed by atoms with van der Waals surface area (Å²) in [6.07, 6.45) is 1.92. The van der Waals surface area contributed by atoms with Crippen LogP contribution in [0.5, 0.6) is 0 Å². The second-order valence-electron chi connectivity index (χ2n) is 4.11. The molecule has 2 rings (SSSR count). The molecule has 1 N–H and O–H groups in total. The predicted molar refractivity (Wildman–Crippen MR) is 59.3 cm³/mol. The summed E-state index contributed by atoms with van der Waals surface area (Å²) in [7, 11) is 0. The second-order valence-corrected chi connectivity index (χ2v) is 4.11. The van der Waals surface area contributed by atoms with E-state index in [1.165, 1.54) is 0 Å². The minimum absolute atomic E-state index is 0.207. The average molecular weight is 225 g/mol. The Hall–Kier alpha value is -0.940. The average Bonchev–Trinajstić information content (AvgIpc) is 2.87. The molecule has 1 aromatic heterocycles. The molecule has 0 amide bonds. The number of nitrogens with one attached hydrogen (secondary N) is 1. The van der Waals surface area contributed by atoms with Gasteiger partial charge in [-0.25, -0.2) is 0 Å². The van der Waals surface area contributed by atoms with E-state index in [4.69, 9.17) is 9.26 Å². The smallest absolute Gasteiger partial charge is 0.233 e. The third-order valence-electron chi connectivity index (χ3n) is 2.82. The Morgan fingerprint density at radius 3 is 3.00 bits per heavy atom. The lowest BCUT2D eigenvalue weighted by atomic mass is 10.0. The lowest BCUT2D eigenvalue weighted by molar-refractivity contribution is 0.185. The first-order chi connectivity index (χ1) is 7.85. The SMILES string of the molecule is CCCc1noc(C2COCC2NCC)n1. The maximum absolute atomic E-state index is 5.46. The molecule has 5 heteroatoms. The Kier molecular flexibility index (Phi) is 3.90. The van der Waals surface area contributed by atoms with Gasteiger partial charge in [-0.1, -0.05) is 19.0 Å². The van der Waals surface area contributed by atoms with Crippen LogP contribution in [0.4, 0.5) is 0 Å². The summed E-state index contributed by atoms with van der Waals surface area (Å²) in [5.41, 5.74) is 0. The van der Waals surface area contributed by atoms with Crippen LogP contribution in [-0.2, 0) is 11.2 Å². The summed E-state index contributed by atoms with van der Waals surface area (Å²) in [5, 5.41) is 7.36. The van der Waals surface area contributed by atoms with Gasteiger partial charge in [-0.15, -0.1) is 0 Å². The standard InChI is InChI=1S/C11H19N3O2/c1-3-5-10-13-11(16-14-10)8-6-15-7-9(8)12-4-2/h8-9,12H,3-7H2,1-2H3. The highest BCUT2D eigenvalue weighted by Gasteiger charge is 2.33. The van der Waals surface area contributed by atoms with Gasteiger partial charge >= 0.3 is 0 Å². The first kappa shape index (κ1) is 11.5. The molecule has 1 aromatic rings. The van der Waals surface area contributed by atoms with E-state index in [9.17, 15) is 0 Å². The molecule has 16 heavy (non-hydrogen) atoms. The van der Waals surface area contributed by atoms with E-state index in [0.717, 1.165) is 31.8 Å². The van der Waals surface area contributed by atoms with Gasteiger partial charge in [-0.05, 0) is 13.0 Å². The van der Waals surface area contributed by atoms with E-state index in [2.05, 4.69) is 29.3 Å². The summed E-state index contributed by atoms with van der Waals surface area (Å²) >= 11 is 0. The number of nitrogens with zero attached hydrogens (tertiary/aromatic N) is 2. The molecule has 90 valence electrons. The fourth-order valence-corrected chi connectivity index (χ4v) is 2.00. The van der Waals surface area contributed by atoms with Gasteiger partial charge in [0.25, 0.3) is 0 Å². The first-order valence-electron chi connectivity index (χ1n) is 5.98. The molecular formula is C11H19N3O2. The monoisotopic (exact) mass is 225 g/mol. The van der Waals surface area contributed by atoms with Gasteiger partial charge in [-0.3, -0.25) is 0 Å². The summed E-state index contributed by atoms with van der Waals surface area (Å²) in [6.45, 7) is 6.53. The first-order valence-corrected chi connectivity index (χ1v) is 5.98. The van der Waals surface area contributed by atoms with Crippen molar-refractivity contribution in [2.75, 3.05) is 19.8 Å². The Bertz CT molecular complexity index is 327. The van der Waals surface area contributed by atoms with Crippen molar-refractivity contribution in [2.45, 2.75) is 38.6 Å². The zero-order valence-corrected chi connectivity index (χ0v) is 9.90. The zero-order valence-electron chi connectivity index (χ0n) is 9.90. The van der Waals surface area contributed by atoms with Crippen molar-refractivity contribution in [2.24, 2.45) is 0 Å². The molecule has 1 fully saturated rings. The van der Waals surface area contributed by atoms with Crippen molar-refractivity contribution < 1.29 is 9.26 Å². The van der Waals surface area contributed by atoms with Crippen LogP contribution >= 0.6 is 0 Å². The molecule has 5 nitrogen and oxygen atoms in total. The third-order valence-corrected chi connectivity index (χ3v) is 2.82. The van der Waals surface area contributed by atoms with Crippen LogP contribution in [0.2, 0.25) is 0 Å². The summed E-state index contributed by atoms with van der Waals surface area (Å²) in [6, 6.07) is 0.305. The number of aromatic nitrogens is 2. The normalized spacial score (nSPS) is 25.1. The molecule has 0 aromatic carbocycles. The molecule has 0 saturated carbocycles. The highest BCUT2D eigenvalue weighted by atomic mass is 16.5. The van der Waals surface area contributed by atoms with Crippen LogP contribution in [0.15, 0.2) is 4.52 Å². The van der Waals surface area contributed by atoms with Gasteiger partial charge in [0.2, 0.25) is 5.89 Å². The maximum atomic E-state index is 5.46. The molecule has 0 bridgehead atoms. The Morgan fingerprint density at radius 2 is 2.25 bits per heavy atom. The molecule has 0 aliphatic carbocycles. The molecule has 1 saturated heterocycles. The maximum Gasteiger partial charge on any atom is 0.233 e. The Labute approximate surface area is 95.6 Å². The van der Waals surface area contributed by atoms with Crippen LogP contribution in [0.3, 0.4) is 0 Å². The number of likely N-dealkylation sites (N-methyl/N-ethyl adjacent to an activating group) is 1. The van der Waals surface area contributed by atoms with Gasteiger partial charge in [0.05, 0.1) is 19.1 Å². The van der Waals surface area contributed by atoms with Crippen LogP contribution in [0.1, 0.15) is 37.9 Å². The van der Waals surface area contributed by atoms with Crippen LogP contribution < -0.4 is 5.32 Å². The quantitative estimate of drug-likeness (QED) is 0.813. The van der Waals surface area contributed by atoms with Crippen LogP contribution in [0, 0.1) is 0 Å². The van der Waals surface area contributed by atoms with Gasteiger partial charge in [0, 0.05) is 12.5 Å². The van der Waals surface area contributed by atoms with E-state index in [1.54, 1.807) is 0 Å². The molecule has 0 radical (unpaired) electrons. The molecule has 1 aliphatic heterocycles. The fraction of sp³-hybridized carbons (Fsp3) is 0.818. The molecule has 0 spiro atoms. The molecule has 2 heterocycles. The zero-order chi connectivity index (χ0) is 11.4. The predicted octanol–water partition coefficient (Wildman–Crippen LogP) is 1.11. The Morgan fingerprint density at radius 1 is 1.38 bits per heavy atom. The van der Waals surface area contributed by atoms with Gasteiger partial charge < -0.3 is 14.6 Å². The minimum atomic E-state index is 0.207. The molecule has 2 unspecified atom stereocenters. The summed E-state index contributed by atoms with van der Waals surface area (Å²) in [4.78, 5) is 4.42. The highest BCUT2D eigenvalue weighted by Crippen LogP contribution is 2.24. The fourth-order valence-electron chi connectivity index (χ4n) is 2.00. The number of aryl methyl sites for hydroxylation is 1. The number of ether oxygens (including phenoxy) is 1. The summed E-state index contributed by atoms with van der Waals surface area (Å²) in [5.74, 6) is 1.73. The molecule has 2 atom stereocenters. The van der Waals surface area contributed by atoms with Gasteiger partial charge in [0.15, 0.2) is 5.82 Å². The minimum Gasteiger partial charge on any atom is -0.379 e. The van der Waals surface area contributed by atoms with Crippen molar-refractivity contribution in [3.8, 4) is 0 Å². The van der Waals surface area contributed by atoms with E-state index < -0.39 is 0 Å². The van der Waals surface area contributed by atoms with Gasteiger partial charge in [-0.2, -0.15) is 4.98 Å². The highest BCUT2D eigenvalue weighted by molar-refractivity contribution is 5.02. The number of rotatable bonds is 5. The van der Waals surface area contributed by atoms with Crippen molar-refractivity contribution in [1.29, 1.82) is 0 Å². The largest absolute Gasteiger partial charge is 0.379 e. The van der Waals surface area contributed by atoms with Crippen LogP contribution in [-0.4, -0.2) is 35.9 Å². The molecule has 1 aliphatic rings. The van der Waals surface area contributed by atoms with Crippen molar-refractivity contribution in [3.63, 3.8) is 0 Å². The lowest BCUT2D eigenvalue weighted by Gasteiger charge is -2.13. The second kappa shape index (κ2) is 5.41. The van der Waals surface area contributed by atoms with Crippen molar-refractivity contribution in [3.05, 3.63) is 11.7 Å². The topological polar surface area (TPSA) is 60.2 Å². The Balaban J connectivity index is 2.04. The molecular weight excluding hydrogens is 206 g/mol. The number of hydrogen-bond donors (Lipinski definition) is 1. The lowest BCUT2D eigenvalue weighted by Crippen LogP contribution is -2.34. The van der Waals surface area contributed by atoms with Gasteiger partial charge in [0.1, 0.15) is 0 Å². The van der Waals surface area contributed by atoms with E-state index in [0.29, 0.717) is 18.5 Å². The third kappa shape index (κ3) is 2.41. The van der Waals surface area contributed by atoms with Crippen molar-refractivity contribution >= 4 is 0 Å². The van der Waals surface area contributed by atoms with Crippen LogP contribution in [0.25, 0.3) is 0 Å².